The number of hydrogen-bond donors (Lipinski definition) is 1. The van der Waals surface area contributed by atoms with Gasteiger partial charge in [0.15, 0.2) is 0 Å². The van der Waals surface area contributed by atoms with Gasteiger partial charge in [0.2, 0.25) is 0 Å². The molecule has 1 saturated heterocycles. The molecule has 0 saturated carbocycles. The standard InChI is InChI=1S/C13H15F3N2O2/c1-20-11-4-2-3-10(7-11)18-6-5-9(8-18)17-12(19)13(14,15)16/h2-4,7,9H,5-6,8H2,1H3,(H,17,19)/t9-/m0/s1. The van der Waals surface area contributed by atoms with Gasteiger partial charge in [-0.05, 0) is 18.6 Å². The van der Waals surface area contributed by atoms with Crippen LogP contribution in [0.25, 0.3) is 0 Å². The fourth-order valence-electron chi connectivity index (χ4n) is 2.19. The number of amides is 1. The predicted molar refractivity (Wildman–Crippen MR) is 67.8 cm³/mol. The highest BCUT2D eigenvalue weighted by Gasteiger charge is 2.40. The lowest BCUT2D eigenvalue weighted by atomic mass is 10.2. The molecule has 0 bridgehead atoms. The summed E-state index contributed by atoms with van der Waals surface area (Å²) in [4.78, 5) is 12.8. The van der Waals surface area contributed by atoms with Crippen LogP contribution in [0.2, 0.25) is 0 Å². The predicted octanol–water partition coefficient (Wildman–Crippen LogP) is 1.95. The summed E-state index contributed by atoms with van der Waals surface area (Å²) in [5.74, 6) is -1.19. The van der Waals surface area contributed by atoms with Gasteiger partial charge in [0.05, 0.1) is 7.11 Å². The van der Waals surface area contributed by atoms with Crippen LogP contribution in [-0.2, 0) is 4.79 Å². The van der Waals surface area contributed by atoms with Crippen molar-refractivity contribution in [3.63, 3.8) is 0 Å². The van der Waals surface area contributed by atoms with E-state index in [0.29, 0.717) is 25.3 Å². The third-order valence-corrected chi connectivity index (χ3v) is 3.20. The van der Waals surface area contributed by atoms with Gasteiger partial charge in [-0.25, -0.2) is 0 Å². The smallest absolute Gasteiger partial charge is 0.471 e. The second-order valence-electron chi connectivity index (χ2n) is 4.60. The van der Waals surface area contributed by atoms with E-state index >= 15 is 0 Å². The molecule has 1 aliphatic rings. The normalized spacial score (nSPS) is 19.0. The van der Waals surface area contributed by atoms with Crippen LogP contribution in [0.1, 0.15) is 6.42 Å². The third kappa shape index (κ3) is 3.34. The molecule has 1 heterocycles. The van der Waals surface area contributed by atoms with Crippen molar-refractivity contribution >= 4 is 11.6 Å². The maximum absolute atomic E-state index is 12.2. The summed E-state index contributed by atoms with van der Waals surface area (Å²) in [7, 11) is 1.55. The van der Waals surface area contributed by atoms with E-state index in [-0.39, 0.29) is 0 Å². The second kappa shape index (κ2) is 5.60. The Kier molecular flexibility index (Phi) is 4.06. The minimum Gasteiger partial charge on any atom is -0.497 e. The average molecular weight is 288 g/mol. The van der Waals surface area contributed by atoms with Crippen molar-refractivity contribution < 1.29 is 22.7 Å². The first kappa shape index (κ1) is 14.5. The lowest BCUT2D eigenvalue weighted by molar-refractivity contribution is -0.174. The molecule has 0 spiro atoms. The maximum Gasteiger partial charge on any atom is 0.471 e. The molecule has 7 heteroatoms. The highest BCUT2D eigenvalue weighted by molar-refractivity contribution is 5.82. The van der Waals surface area contributed by atoms with Crippen LogP contribution in [0.15, 0.2) is 24.3 Å². The molecule has 1 aromatic rings. The summed E-state index contributed by atoms with van der Waals surface area (Å²) >= 11 is 0. The van der Waals surface area contributed by atoms with Crippen molar-refractivity contribution in [3.05, 3.63) is 24.3 Å². The molecule has 0 unspecified atom stereocenters. The molecule has 2 rings (SSSR count). The lowest BCUT2D eigenvalue weighted by Gasteiger charge is -2.20. The number of hydrogen-bond acceptors (Lipinski definition) is 3. The molecule has 1 amide bonds. The first-order valence-corrected chi connectivity index (χ1v) is 6.17. The molecule has 0 aliphatic carbocycles. The van der Waals surface area contributed by atoms with E-state index in [2.05, 4.69) is 0 Å². The molecule has 110 valence electrons. The number of rotatable bonds is 3. The quantitative estimate of drug-likeness (QED) is 0.924. The van der Waals surface area contributed by atoms with E-state index in [4.69, 9.17) is 4.74 Å². The van der Waals surface area contributed by atoms with Crippen LogP contribution < -0.4 is 15.0 Å². The summed E-state index contributed by atoms with van der Waals surface area (Å²) in [6.45, 7) is 0.949. The fourth-order valence-corrected chi connectivity index (χ4v) is 2.19. The number of alkyl halides is 3. The van der Waals surface area contributed by atoms with Crippen molar-refractivity contribution in [2.45, 2.75) is 18.6 Å². The summed E-state index contributed by atoms with van der Waals surface area (Å²) < 4.78 is 41.6. The van der Waals surface area contributed by atoms with Crippen molar-refractivity contribution in [1.29, 1.82) is 0 Å². The van der Waals surface area contributed by atoms with Crippen LogP contribution in [0, 0.1) is 0 Å². The van der Waals surface area contributed by atoms with Crippen LogP contribution in [0.3, 0.4) is 0 Å². The minimum absolute atomic E-state index is 0.356. The summed E-state index contributed by atoms with van der Waals surface area (Å²) in [6.07, 6.45) is -4.34. The van der Waals surface area contributed by atoms with E-state index in [9.17, 15) is 18.0 Å². The Morgan fingerprint density at radius 2 is 2.20 bits per heavy atom. The number of nitrogens with one attached hydrogen (secondary N) is 1. The Balaban J connectivity index is 1.97. The van der Waals surface area contributed by atoms with E-state index in [1.807, 2.05) is 28.4 Å². The van der Waals surface area contributed by atoms with E-state index in [1.165, 1.54) is 0 Å². The first-order chi connectivity index (χ1) is 9.40. The third-order valence-electron chi connectivity index (χ3n) is 3.20. The van der Waals surface area contributed by atoms with Gasteiger partial charge in [-0.3, -0.25) is 4.79 Å². The Bertz CT molecular complexity index is 491. The van der Waals surface area contributed by atoms with Crippen LogP contribution in [0.4, 0.5) is 18.9 Å². The van der Waals surface area contributed by atoms with Crippen LogP contribution in [-0.4, -0.2) is 38.3 Å². The van der Waals surface area contributed by atoms with Gasteiger partial charge in [-0.15, -0.1) is 0 Å². The molecule has 0 radical (unpaired) electrons. The number of methoxy groups -OCH3 is 1. The van der Waals surface area contributed by atoms with Crippen molar-refractivity contribution in [2.75, 3.05) is 25.1 Å². The zero-order chi connectivity index (χ0) is 14.8. The SMILES string of the molecule is COc1cccc(N2CC[C@H](NC(=O)C(F)(F)F)C2)c1. The first-order valence-electron chi connectivity index (χ1n) is 6.17. The Labute approximate surface area is 114 Å². The van der Waals surface area contributed by atoms with Crippen molar-refractivity contribution in [3.8, 4) is 5.75 Å². The molecular formula is C13H15F3N2O2. The lowest BCUT2D eigenvalue weighted by Crippen LogP contribution is -2.44. The summed E-state index contributed by atoms with van der Waals surface area (Å²) in [5.41, 5.74) is 0.869. The van der Waals surface area contributed by atoms with Gasteiger partial charge >= 0.3 is 12.1 Å². The zero-order valence-corrected chi connectivity index (χ0v) is 10.9. The van der Waals surface area contributed by atoms with Crippen LogP contribution in [0.5, 0.6) is 5.75 Å². The highest BCUT2D eigenvalue weighted by Crippen LogP contribution is 2.25. The molecule has 1 atom stereocenters. The molecule has 20 heavy (non-hydrogen) atoms. The van der Waals surface area contributed by atoms with E-state index in [1.54, 1.807) is 13.2 Å². The molecule has 1 aliphatic heterocycles. The molecule has 1 N–H and O–H groups in total. The Morgan fingerprint density at radius 1 is 1.45 bits per heavy atom. The largest absolute Gasteiger partial charge is 0.497 e. The van der Waals surface area contributed by atoms with E-state index < -0.39 is 18.1 Å². The summed E-state index contributed by atoms with van der Waals surface area (Å²) in [6, 6.07) is 6.79. The molecule has 1 aromatic carbocycles. The van der Waals surface area contributed by atoms with Gasteiger partial charge in [-0.2, -0.15) is 13.2 Å². The van der Waals surface area contributed by atoms with Crippen molar-refractivity contribution in [1.82, 2.24) is 5.32 Å². The number of halogens is 3. The highest BCUT2D eigenvalue weighted by atomic mass is 19.4. The molecule has 1 fully saturated rings. The van der Waals surface area contributed by atoms with E-state index in [0.717, 1.165) is 5.69 Å². The number of anilines is 1. The van der Waals surface area contributed by atoms with Gasteiger partial charge in [0.1, 0.15) is 5.75 Å². The Morgan fingerprint density at radius 3 is 2.85 bits per heavy atom. The van der Waals surface area contributed by atoms with Gasteiger partial charge in [0.25, 0.3) is 0 Å². The number of carbonyl (C=O) groups is 1. The molecule has 4 nitrogen and oxygen atoms in total. The maximum atomic E-state index is 12.2. The fraction of sp³-hybridized carbons (Fsp3) is 0.462. The second-order valence-corrected chi connectivity index (χ2v) is 4.60. The Hall–Kier alpha value is -1.92. The van der Waals surface area contributed by atoms with Gasteiger partial charge in [-0.1, -0.05) is 6.07 Å². The zero-order valence-electron chi connectivity index (χ0n) is 10.9. The summed E-state index contributed by atoms with van der Waals surface area (Å²) in [5, 5.41) is 2.01. The van der Waals surface area contributed by atoms with Gasteiger partial charge in [0, 0.05) is 30.9 Å². The number of benzene rings is 1. The molecular weight excluding hydrogens is 273 g/mol. The number of carbonyl (C=O) groups excluding carboxylic acids is 1. The van der Waals surface area contributed by atoms with Gasteiger partial charge < -0.3 is 15.0 Å². The number of ether oxygens (including phenoxy) is 1. The topological polar surface area (TPSA) is 41.6 Å². The number of nitrogens with zero attached hydrogens (tertiary/aromatic N) is 1. The molecule has 0 aromatic heterocycles. The average Bonchev–Trinajstić information content (AvgIpc) is 2.86. The minimum atomic E-state index is -4.83. The van der Waals surface area contributed by atoms with Crippen molar-refractivity contribution in [2.24, 2.45) is 0 Å². The monoisotopic (exact) mass is 288 g/mol. The van der Waals surface area contributed by atoms with Crippen LogP contribution >= 0.6 is 0 Å².